The van der Waals surface area contributed by atoms with Crippen molar-refractivity contribution in [1.29, 1.82) is 0 Å². The van der Waals surface area contributed by atoms with Crippen molar-refractivity contribution in [3.8, 4) is 0 Å². The van der Waals surface area contributed by atoms with Gasteiger partial charge in [-0.3, -0.25) is 9.88 Å². The topological polar surface area (TPSA) is 50.3 Å². The van der Waals surface area contributed by atoms with Gasteiger partial charge in [-0.15, -0.1) is 0 Å². The quantitative estimate of drug-likeness (QED) is 0.909. The highest BCUT2D eigenvalue weighted by Crippen LogP contribution is 2.22. The summed E-state index contributed by atoms with van der Waals surface area (Å²) in [6, 6.07) is 7.11. The molecule has 22 heavy (non-hydrogen) atoms. The van der Waals surface area contributed by atoms with E-state index < -0.39 is 0 Å². The maximum atomic E-state index is 5.28. The van der Waals surface area contributed by atoms with Gasteiger partial charge >= 0.3 is 0 Å². The highest BCUT2D eigenvalue weighted by molar-refractivity contribution is 9.10. The lowest BCUT2D eigenvalue weighted by Gasteiger charge is -2.41. The summed E-state index contributed by atoms with van der Waals surface area (Å²) in [5.41, 5.74) is 1.84. The average molecular weight is 363 g/mol. The maximum absolute atomic E-state index is 5.28. The lowest BCUT2D eigenvalue weighted by atomic mass is 10.0. The zero-order chi connectivity index (χ0) is 14.9. The Balaban J connectivity index is 1.41. The number of ether oxygens (including phenoxy) is 1. The van der Waals surface area contributed by atoms with E-state index in [0.29, 0.717) is 12.1 Å². The molecule has 0 radical (unpaired) electrons. The third kappa shape index (κ3) is 2.95. The minimum Gasteiger partial charge on any atom is -0.378 e. The van der Waals surface area contributed by atoms with E-state index >= 15 is 0 Å². The van der Waals surface area contributed by atoms with E-state index in [-0.39, 0.29) is 0 Å². The molecule has 2 aliphatic heterocycles. The van der Waals surface area contributed by atoms with Crippen molar-refractivity contribution in [2.45, 2.75) is 24.9 Å². The van der Waals surface area contributed by atoms with Crippen LogP contribution in [0.15, 0.2) is 28.9 Å². The number of likely N-dealkylation sites (tertiary alicyclic amines) is 1. The average Bonchev–Trinajstić information content (AvgIpc) is 2.47. The highest BCUT2D eigenvalue weighted by Gasteiger charge is 2.29. The Hall–Kier alpha value is -1.24. The maximum Gasteiger partial charge on any atom is 0.145 e. The second kappa shape index (κ2) is 6.10. The second-order valence-electron chi connectivity index (χ2n) is 6.03. The summed E-state index contributed by atoms with van der Waals surface area (Å²) < 4.78 is 6.31. The Morgan fingerprint density at radius 1 is 1.18 bits per heavy atom. The molecule has 0 atom stereocenters. The van der Waals surface area contributed by atoms with Crippen LogP contribution in [0, 0.1) is 0 Å². The number of hydrogen-bond acceptors (Lipinski definition) is 5. The molecule has 0 aliphatic carbocycles. The third-order valence-corrected chi connectivity index (χ3v) is 5.02. The molecule has 2 aliphatic rings. The Morgan fingerprint density at radius 3 is 2.73 bits per heavy atom. The molecule has 3 heterocycles. The molecule has 0 spiro atoms. The molecule has 0 bridgehead atoms. The lowest BCUT2D eigenvalue weighted by Crippen LogP contribution is -2.53. The number of fused-ring (bicyclic) bond motifs is 1. The van der Waals surface area contributed by atoms with E-state index in [2.05, 4.69) is 36.1 Å². The van der Waals surface area contributed by atoms with E-state index in [1.807, 2.05) is 24.4 Å². The molecule has 4 rings (SSSR count). The van der Waals surface area contributed by atoms with Crippen molar-refractivity contribution >= 4 is 32.8 Å². The van der Waals surface area contributed by atoms with Crippen LogP contribution in [0.3, 0.4) is 0 Å². The van der Waals surface area contributed by atoms with E-state index in [0.717, 1.165) is 60.5 Å². The molecule has 2 saturated heterocycles. The summed E-state index contributed by atoms with van der Waals surface area (Å²) in [5.74, 6) is 0.871. The van der Waals surface area contributed by atoms with Gasteiger partial charge in [0.2, 0.25) is 0 Å². The number of benzene rings is 1. The second-order valence-corrected chi connectivity index (χ2v) is 6.95. The molecule has 2 fully saturated rings. The van der Waals surface area contributed by atoms with E-state index in [1.54, 1.807) is 0 Å². The molecule has 0 amide bonds. The van der Waals surface area contributed by atoms with Crippen LogP contribution in [-0.4, -0.2) is 53.3 Å². The summed E-state index contributed by atoms with van der Waals surface area (Å²) in [5, 5.41) is 3.54. The van der Waals surface area contributed by atoms with Crippen molar-refractivity contribution in [2.24, 2.45) is 0 Å². The molecule has 0 unspecified atom stereocenters. The first-order valence-corrected chi connectivity index (χ1v) is 8.58. The van der Waals surface area contributed by atoms with E-state index in [9.17, 15) is 0 Å². The molecule has 6 heteroatoms. The molecule has 2 aromatic rings. The fraction of sp³-hybridized carbons (Fsp3) is 0.500. The summed E-state index contributed by atoms with van der Waals surface area (Å²) >= 11 is 3.48. The van der Waals surface area contributed by atoms with E-state index in [4.69, 9.17) is 4.74 Å². The van der Waals surface area contributed by atoms with Crippen molar-refractivity contribution in [2.75, 3.05) is 31.6 Å². The van der Waals surface area contributed by atoms with Crippen molar-refractivity contribution < 1.29 is 4.74 Å². The van der Waals surface area contributed by atoms with Gasteiger partial charge in [0.05, 0.1) is 36.5 Å². The molecular formula is C16H19BrN4O. The van der Waals surface area contributed by atoms with Gasteiger partial charge in [0.25, 0.3) is 0 Å². The minimum atomic E-state index is 0.483. The standard InChI is InChI=1S/C16H19BrN4O/c17-11-1-2-14-15(7-11)20-16(8-18-14)19-12-3-5-21(6-4-12)13-9-22-10-13/h1-2,7-8,12-13H,3-6,9-10H2,(H,19,20). The zero-order valence-corrected chi connectivity index (χ0v) is 13.9. The third-order valence-electron chi connectivity index (χ3n) is 4.52. The van der Waals surface area contributed by atoms with Crippen molar-refractivity contribution in [3.63, 3.8) is 0 Å². The van der Waals surface area contributed by atoms with Crippen LogP contribution in [0.4, 0.5) is 5.82 Å². The number of hydrogen-bond donors (Lipinski definition) is 1. The molecule has 1 aromatic heterocycles. The first kappa shape index (κ1) is 14.4. The van der Waals surface area contributed by atoms with Crippen LogP contribution < -0.4 is 5.32 Å². The zero-order valence-electron chi connectivity index (χ0n) is 12.3. The lowest BCUT2D eigenvalue weighted by molar-refractivity contribution is -0.0705. The fourth-order valence-electron chi connectivity index (χ4n) is 3.11. The van der Waals surface area contributed by atoms with Gasteiger partial charge in [-0.2, -0.15) is 0 Å². The molecule has 1 N–H and O–H groups in total. The van der Waals surface area contributed by atoms with Gasteiger partial charge in [-0.05, 0) is 31.0 Å². The Kier molecular flexibility index (Phi) is 3.98. The molecule has 0 saturated carbocycles. The molecule has 1 aromatic carbocycles. The number of rotatable bonds is 3. The fourth-order valence-corrected chi connectivity index (χ4v) is 3.46. The van der Waals surface area contributed by atoms with Crippen LogP contribution >= 0.6 is 15.9 Å². The largest absolute Gasteiger partial charge is 0.378 e. The SMILES string of the molecule is Brc1ccc2ncc(NC3CCN(C4COC4)CC3)nc2c1. The van der Waals surface area contributed by atoms with Crippen molar-refractivity contribution in [1.82, 2.24) is 14.9 Å². The van der Waals surface area contributed by atoms with Gasteiger partial charge in [0, 0.05) is 23.6 Å². The van der Waals surface area contributed by atoms with Crippen LogP contribution in [0.1, 0.15) is 12.8 Å². The smallest absolute Gasteiger partial charge is 0.145 e. The number of aromatic nitrogens is 2. The summed E-state index contributed by atoms with van der Waals surface area (Å²) in [7, 11) is 0. The molecule has 116 valence electrons. The van der Waals surface area contributed by atoms with Gasteiger partial charge in [0.15, 0.2) is 0 Å². The van der Waals surface area contributed by atoms with Crippen molar-refractivity contribution in [3.05, 3.63) is 28.9 Å². The number of piperidine rings is 1. The number of halogens is 1. The van der Waals surface area contributed by atoms with Crippen LogP contribution in [-0.2, 0) is 4.74 Å². The minimum absolute atomic E-state index is 0.483. The Bertz CT molecular complexity index is 668. The van der Waals surface area contributed by atoms with Crippen LogP contribution in [0.2, 0.25) is 0 Å². The predicted octanol–water partition coefficient (Wildman–Crippen LogP) is 2.67. The molecular weight excluding hydrogens is 344 g/mol. The number of anilines is 1. The first-order chi connectivity index (χ1) is 10.8. The summed E-state index contributed by atoms with van der Waals surface area (Å²) in [4.78, 5) is 11.7. The first-order valence-electron chi connectivity index (χ1n) is 7.78. The number of nitrogens with zero attached hydrogens (tertiary/aromatic N) is 3. The highest BCUT2D eigenvalue weighted by atomic mass is 79.9. The Labute approximate surface area is 138 Å². The number of nitrogens with one attached hydrogen (secondary N) is 1. The predicted molar refractivity (Wildman–Crippen MR) is 90.1 cm³/mol. The van der Waals surface area contributed by atoms with E-state index in [1.165, 1.54) is 0 Å². The van der Waals surface area contributed by atoms with Gasteiger partial charge in [-0.25, -0.2) is 4.98 Å². The summed E-state index contributed by atoms with van der Waals surface area (Å²) in [6.07, 6.45) is 4.13. The normalized spacial score (nSPS) is 21.0. The monoisotopic (exact) mass is 362 g/mol. The molecule has 5 nitrogen and oxygen atoms in total. The van der Waals surface area contributed by atoms with Crippen LogP contribution in [0.25, 0.3) is 11.0 Å². The Morgan fingerprint density at radius 2 is 2.00 bits per heavy atom. The van der Waals surface area contributed by atoms with Gasteiger partial charge in [0.1, 0.15) is 5.82 Å². The van der Waals surface area contributed by atoms with Gasteiger partial charge in [-0.1, -0.05) is 15.9 Å². The van der Waals surface area contributed by atoms with Gasteiger partial charge < -0.3 is 10.1 Å². The summed E-state index contributed by atoms with van der Waals surface area (Å²) in [6.45, 7) is 4.09. The van der Waals surface area contributed by atoms with Crippen LogP contribution in [0.5, 0.6) is 0 Å².